The van der Waals surface area contributed by atoms with E-state index in [1.54, 1.807) is 0 Å². The van der Waals surface area contributed by atoms with Gasteiger partial charge < -0.3 is 47.8 Å². The number of aliphatic hydroxyl groups is 2. The molecule has 0 amide bonds. The van der Waals surface area contributed by atoms with Gasteiger partial charge in [0.2, 0.25) is 11.5 Å². The van der Waals surface area contributed by atoms with E-state index in [1.165, 1.54) is 40.6 Å². The minimum atomic E-state index is -2.28. The van der Waals surface area contributed by atoms with E-state index in [-0.39, 0.29) is 74.2 Å². The number of Topliss-reactive ketones (excluding diaryl/α,β-unsaturated/α-hetero) is 1. The standard InChI is InChI=1S/C29H24O14/c1-36-13-9-12(30)17-18(20(13)32)24(39-4)25-19(22(17)37-2)26(33)29(43-25)15(31)8-11-6-10-7-14(27(34)40-5)41-28(35)16(10)23(38-3)21(11)42-29/h6-7,9,15,26,31,33H,8H2,1-5H3/t15-,26-,29-/m1/s1. The molecule has 14 nitrogen and oxygen atoms in total. The zero-order valence-electron chi connectivity index (χ0n) is 23.4. The maximum absolute atomic E-state index is 13.3. The van der Waals surface area contributed by atoms with Crippen LogP contribution in [0.15, 0.2) is 33.2 Å². The van der Waals surface area contributed by atoms with E-state index in [0.29, 0.717) is 5.56 Å². The van der Waals surface area contributed by atoms with Gasteiger partial charge in [0.25, 0.3) is 0 Å². The zero-order valence-corrected chi connectivity index (χ0v) is 23.4. The summed E-state index contributed by atoms with van der Waals surface area (Å²) in [4.78, 5) is 51.4. The molecule has 0 saturated heterocycles. The zero-order chi connectivity index (χ0) is 31.0. The number of hydrogen-bond donors (Lipinski definition) is 2. The number of benzene rings is 2. The molecule has 3 aromatic rings. The minimum Gasteiger partial charge on any atom is -0.495 e. The number of fused-ring (bicyclic) bond motifs is 4. The van der Waals surface area contributed by atoms with Crippen LogP contribution < -0.4 is 29.3 Å². The highest BCUT2D eigenvalue weighted by molar-refractivity contribution is 6.26. The van der Waals surface area contributed by atoms with Gasteiger partial charge >= 0.3 is 17.4 Å². The number of allylic oxidation sites excluding steroid dienone is 2. The number of rotatable bonds is 5. The number of aliphatic hydroxyl groups excluding tert-OH is 2. The van der Waals surface area contributed by atoms with Crippen molar-refractivity contribution < 1.29 is 62.2 Å². The quantitative estimate of drug-likeness (QED) is 0.405. The second-order valence-corrected chi connectivity index (χ2v) is 9.77. The molecule has 3 heterocycles. The number of ketones is 2. The lowest BCUT2D eigenvalue weighted by atomic mass is 9.85. The molecule has 1 spiro atoms. The smallest absolute Gasteiger partial charge is 0.374 e. The molecular formula is C29H24O14. The average molecular weight is 596 g/mol. The number of carbonyl (C=O) groups excluding carboxylic acids is 3. The van der Waals surface area contributed by atoms with Crippen molar-refractivity contribution >= 4 is 28.3 Å². The molecule has 6 rings (SSSR count). The fourth-order valence-electron chi connectivity index (χ4n) is 5.78. The Kier molecular flexibility index (Phi) is 6.36. The van der Waals surface area contributed by atoms with Crippen molar-refractivity contribution in [3.63, 3.8) is 0 Å². The van der Waals surface area contributed by atoms with Gasteiger partial charge in [0, 0.05) is 18.1 Å². The summed E-state index contributed by atoms with van der Waals surface area (Å²) in [5.41, 5.74) is -1.13. The highest BCUT2D eigenvalue weighted by Crippen LogP contribution is 2.59. The molecule has 2 aromatic carbocycles. The molecule has 3 atom stereocenters. The van der Waals surface area contributed by atoms with Crippen molar-refractivity contribution in [3.8, 4) is 28.7 Å². The second-order valence-electron chi connectivity index (χ2n) is 9.77. The lowest BCUT2D eigenvalue weighted by molar-refractivity contribution is -0.234. The number of hydrogen-bond acceptors (Lipinski definition) is 14. The van der Waals surface area contributed by atoms with E-state index in [2.05, 4.69) is 4.74 Å². The van der Waals surface area contributed by atoms with E-state index in [4.69, 9.17) is 32.8 Å². The Bertz CT molecular complexity index is 1850. The minimum absolute atomic E-state index is 0.0662. The molecule has 0 bridgehead atoms. The molecule has 0 radical (unpaired) electrons. The maximum atomic E-state index is 13.3. The first-order valence-electron chi connectivity index (χ1n) is 12.7. The van der Waals surface area contributed by atoms with Crippen LogP contribution in [0.2, 0.25) is 0 Å². The van der Waals surface area contributed by atoms with Crippen LogP contribution in [0.5, 0.6) is 28.7 Å². The molecule has 3 aliphatic rings. The van der Waals surface area contributed by atoms with E-state index in [9.17, 15) is 29.4 Å². The normalized spacial score (nSPS) is 21.7. The van der Waals surface area contributed by atoms with Gasteiger partial charge in [-0.25, -0.2) is 9.59 Å². The summed E-state index contributed by atoms with van der Waals surface area (Å²) >= 11 is 0. The van der Waals surface area contributed by atoms with E-state index < -0.39 is 41.2 Å². The summed E-state index contributed by atoms with van der Waals surface area (Å²) < 4.78 is 43.7. The summed E-state index contributed by atoms with van der Waals surface area (Å²) in [6.45, 7) is 0. The molecule has 1 aliphatic carbocycles. The summed E-state index contributed by atoms with van der Waals surface area (Å²) in [7, 11) is 6.09. The second kappa shape index (κ2) is 9.74. The van der Waals surface area contributed by atoms with Crippen LogP contribution in [-0.4, -0.2) is 75.2 Å². The molecule has 1 aromatic heterocycles. The lowest BCUT2D eigenvalue weighted by Crippen LogP contribution is -2.57. The Morgan fingerprint density at radius 2 is 1.56 bits per heavy atom. The maximum Gasteiger partial charge on any atom is 0.374 e. The first-order chi connectivity index (χ1) is 20.6. The Hall–Kier alpha value is -5.08. The third kappa shape index (κ3) is 3.66. The molecule has 43 heavy (non-hydrogen) atoms. The summed E-state index contributed by atoms with van der Waals surface area (Å²) in [5, 5.41) is 23.3. The summed E-state index contributed by atoms with van der Waals surface area (Å²) in [6.07, 6.45) is -2.59. The summed E-state index contributed by atoms with van der Waals surface area (Å²) in [6, 6.07) is 2.78. The van der Waals surface area contributed by atoms with Gasteiger partial charge in [0.05, 0.1) is 52.2 Å². The topological polar surface area (TPSA) is 186 Å². The highest BCUT2D eigenvalue weighted by atomic mass is 16.7. The largest absolute Gasteiger partial charge is 0.495 e. The van der Waals surface area contributed by atoms with Crippen molar-refractivity contribution in [1.82, 2.24) is 0 Å². The Balaban J connectivity index is 1.56. The molecule has 0 saturated carbocycles. The molecule has 2 N–H and O–H groups in total. The van der Waals surface area contributed by atoms with Gasteiger partial charge in [-0.3, -0.25) is 9.59 Å². The molecule has 0 fully saturated rings. The van der Waals surface area contributed by atoms with Crippen LogP contribution in [0.4, 0.5) is 0 Å². The molecular weight excluding hydrogens is 572 g/mol. The van der Waals surface area contributed by atoms with Gasteiger partial charge in [0.15, 0.2) is 40.6 Å². The summed E-state index contributed by atoms with van der Waals surface area (Å²) in [5.74, 6) is -5.91. The predicted molar refractivity (Wildman–Crippen MR) is 142 cm³/mol. The SMILES string of the molecule is COC(=O)c1cc2cc3c(c(OC)c2c(=O)o1)O[C@@]1(Oc2c(OC)c4c(c(OC)c2[C@H]1O)C(=O)C=C(OC)C4=O)[C@H](O)C3. The molecule has 0 unspecified atom stereocenters. The lowest BCUT2D eigenvalue weighted by Gasteiger charge is -2.40. The van der Waals surface area contributed by atoms with Gasteiger partial charge in [-0.2, -0.15) is 0 Å². The molecule has 2 aliphatic heterocycles. The van der Waals surface area contributed by atoms with Crippen molar-refractivity contribution in [3.05, 3.63) is 62.4 Å². The average Bonchev–Trinajstić information content (AvgIpc) is 3.28. The Morgan fingerprint density at radius 1 is 0.884 bits per heavy atom. The van der Waals surface area contributed by atoms with Gasteiger partial charge in [-0.15, -0.1) is 0 Å². The molecule has 224 valence electrons. The number of ether oxygens (including phenoxy) is 7. The van der Waals surface area contributed by atoms with Gasteiger partial charge in [-0.1, -0.05) is 0 Å². The fourth-order valence-corrected chi connectivity index (χ4v) is 5.78. The van der Waals surface area contributed by atoms with Gasteiger partial charge in [0.1, 0.15) is 17.2 Å². The Morgan fingerprint density at radius 3 is 2.19 bits per heavy atom. The van der Waals surface area contributed by atoms with Gasteiger partial charge in [-0.05, 0) is 17.5 Å². The third-order valence-corrected chi connectivity index (χ3v) is 7.67. The first-order valence-corrected chi connectivity index (χ1v) is 12.7. The fraction of sp³-hybridized carbons (Fsp3) is 0.310. The van der Waals surface area contributed by atoms with E-state index in [0.717, 1.165) is 13.2 Å². The van der Waals surface area contributed by atoms with Crippen molar-refractivity contribution in [2.24, 2.45) is 0 Å². The monoisotopic (exact) mass is 596 g/mol. The third-order valence-electron chi connectivity index (χ3n) is 7.67. The predicted octanol–water partition coefficient (Wildman–Crippen LogP) is 1.63. The van der Waals surface area contributed by atoms with Crippen molar-refractivity contribution in [1.29, 1.82) is 0 Å². The first kappa shape index (κ1) is 28.1. The van der Waals surface area contributed by atoms with Crippen LogP contribution in [0, 0.1) is 0 Å². The Labute approximate surface area is 241 Å². The van der Waals surface area contributed by atoms with E-state index in [1.807, 2.05) is 0 Å². The highest BCUT2D eigenvalue weighted by Gasteiger charge is 2.61. The van der Waals surface area contributed by atoms with Crippen LogP contribution >= 0.6 is 0 Å². The van der Waals surface area contributed by atoms with Crippen LogP contribution in [0.1, 0.15) is 48.5 Å². The van der Waals surface area contributed by atoms with Crippen molar-refractivity contribution in [2.45, 2.75) is 24.4 Å². The number of esters is 1. The van der Waals surface area contributed by atoms with Crippen molar-refractivity contribution in [2.75, 3.05) is 35.5 Å². The van der Waals surface area contributed by atoms with E-state index >= 15 is 0 Å². The number of methoxy groups -OCH3 is 5. The van der Waals surface area contributed by atoms with Crippen LogP contribution in [-0.2, 0) is 15.9 Å². The number of carbonyl (C=O) groups is 3. The van der Waals surface area contributed by atoms with Crippen LogP contribution in [0.3, 0.4) is 0 Å². The molecule has 14 heteroatoms. The van der Waals surface area contributed by atoms with Crippen LogP contribution in [0.25, 0.3) is 10.8 Å².